The van der Waals surface area contributed by atoms with E-state index in [1.165, 1.54) is 0 Å². The van der Waals surface area contributed by atoms with Gasteiger partial charge in [-0.3, -0.25) is 9.59 Å². The van der Waals surface area contributed by atoms with Gasteiger partial charge in [-0.05, 0) is 0 Å². The summed E-state index contributed by atoms with van der Waals surface area (Å²) < 4.78 is 128. The molecule has 0 saturated carbocycles. The number of aliphatic carboxylic acids is 1. The number of aliphatic hydroxyl groups excluding tert-OH is 1. The molecule has 15 heteroatoms. The maximum absolute atomic E-state index is 13.0. The predicted molar refractivity (Wildman–Crippen MR) is 68.5 cm³/mol. The monoisotopic (exact) mass is 440 g/mol. The van der Waals surface area contributed by atoms with Crippen molar-refractivity contribution in [2.75, 3.05) is 13.2 Å². The van der Waals surface area contributed by atoms with Gasteiger partial charge in [0.1, 0.15) is 0 Å². The number of halogens is 10. The van der Waals surface area contributed by atoms with E-state index in [1.807, 2.05) is 0 Å². The molecule has 0 amide bonds. The van der Waals surface area contributed by atoms with Crippen LogP contribution in [-0.4, -0.2) is 59.6 Å². The van der Waals surface area contributed by atoms with E-state index < -0.39 is 80.4 Å². The van der Waals surface area contributed by atoms with Crippen molar-refractivity contribution in [1.82, 2.24) is 0 Å². The Bertz CT molecular complexity index is 543. The molecule has 0 aromatic carbocycles. The van der Waals surface area contributed by atoms with Crippen molar-refractivity contribution in [2.45, 2.75) is 43.5 Å². The summed E-state index contributed by atoms with van der Waals surface area (Å²) in [5.74, 6) is -19.2. The highest BCUT2D eigenvalue weighted by Gasteiger charge is 2.59. The first-order chi connectivity index (χ1) is 12.4. The predicted octanol–water partition coefficient (Wildman–Crippen LogP) is 3.40. The van der Waals surface area contributed by atoms with Crippen molar-refractivity contribution in [3.05, 3.63) is 0 Å². The highest BCUT2D eigenvalue weighted by Crippen LogP contribution is 2.42. The summed E-state index contributed by atoms with van der Waals surface area (Å²) in [5.41, 5.74) is 0. The smallest absolute Gasteiger partial charge is 0.453 e. The summed E-state index contributed by atoms with van der Waals surface area (Å²) in [5, 5.41) is 17.8. The van der Waals surface area contributed by atoms with Crippen LogP contribution in [-0.2, 0) is 14.3 Å². The Hall–Kier alpha value is -1.80. The Balaban J connectivity index is 4.97. The second-order valence-electron chi connectivity index (χ2n) is 5.68. The van der Waals surface area contributed by atoms with Crippen LogP contribution in [0.3, 0.4) is 0 Å². The largest absolute Gasteiger partial charge is 0.481 e. The van der Waals surface area contributed by atoms with Crippen LogP contribution in [0.25, 0.3) is 0 Å². The summed E-state index contributed by atoms with van der Waals surface area (Å²) in [6.45, 7) is -2.64. The van der Waals surface area contributed by atoms with Crippen LogP contribution in [0.2, 0.25) is 0 Å². The molecule has 0 rings (SSSR count). The van der Waals surface area contributed by atoms with Gasteiger partial charge in [0.15, 0.2) is 0 Å². The number of ether oxygens (including phenoxy) is 1. The van der Waals surface area contributed by atoms with Gasteiger partial charge >= 0.3 is 36.1 Å². The summed E-state index contributed by atoms with van der Waals surface area (Å²) >= 11 is 0. The van der Waals surface area contributed by atoms with Crippen molar-refractivity contribution < 1.29 is 68.4 Å². The summed E-state index contributed by atoms with van der Waals surface area (Å²) in [4.78, 5) is 22.1. The van der Waals surface area contributed by atoms with Crippen molar-refractivity contribution in [3.63, 3.8) is 0 Å². The Labute approximate surface area is 150 Å². The van der Waals surface area contributed by atoms with Crippen molar-refractivity contribution in [2.24, 2.45) is 11.8 Å². The third kappa shape index (κ3) is 7.31. The minimum absolute atomic E-state index is 1.29. The fourth-order valence-corrected chi connectivity index (χ4v) is 1.82. The van der Waals surface area contributed by atoms with Gasteiger partial charge in [-0.2, -0.15) is 43.9 Å². The molecule has 2 unspecified atom stereocenters. The van der Waals surface area contributed by atoms with Crippen LogP contribution >= 0.6 is 0 Å². The van der Waals surface area contributed by atoms with Crippen LogP contribution < -0.4 is 0 Å². The molecular weight excluding hydrogens is 426 g/mol. The zero-order valence-corrected chi connectivity index (χ0v) is 13.6. The van der Waals surface area contributed by atoms with Gasteiger partial charge in [0, 0.05) is 25.4 Å². The van der Waals surface area contributed by atoms with E-state index >= 15 is 0 Å². The number of aliphatic hydroxyl groups is 1. The molecule has 5 nitrogen and oxygen atoms in total. The quantitative estimate of drug-likeness (QED) is 0.402. The van der Waals surface area contributed by atoms with Crippen molar-refractivity contribution in [3.8, 4) is 0 Å². The van der Waals surface area contributed by atoms with Crippen molar-refractivity contribution in [1.29, 1.82) is 0 Å². The second kappa shape index (κ2) is 9.13. The standard InChI is InChI=1S/C13H14F10O5/c14-10(15,12(18,19)20)2-1-8(25)28-5-6(4-24)7(9(26)27)3-11(16,17)13(21,22)23/h6-7,24H,1-5H2,(H,26,27). The number of rotatable bonds is 10. The molecule has 0 aliphatic carbocycles. The normalized spacial score (nSPS) is 15.8. The van der Waals surface area contributed by atoms with Crippen LogP contribution in [0.5, 0.6) is 0 Å². The third-order valence-electron chi connectivity index (χ3n) is 3.53. The minimum atomic E-state index is -6.11. The van der Waals surface area contributed by atoms with Gasteiger partial charge < -0.3 is 14.9 Å². The minimum Gasteiger partial charge on any atom is -0.481 e. The molecule has 28 heavy (non-hydrogen) atoms. The van der Waals surface area contributed by atoms with Crippen LogP contribution in [0, 0.1) is 11.8 Å². The zero-order chi connectivity index (χ0) is 22.6. The molecular formula is C13H14F10O5. The van der Waals surface area contributed by atoms with E-state index in [0.717, 1.165) is 0 Å². The average Bonchev–Trinajstić information content (AvgIpc) is 2.49. The van der Waals surface area contributed by atoms with E-state index in [9.17, 15) is 53.5 Å². The second-order valence-corrected chi connectivity index (χ2v) is 5.68. The molecule has 0 aliphatic rings. The first-order valence-corrected chi connectivity index (χ1v) is 7.24. The highest BCUT2D eigenvalue weighted by molar-refractivity contribution is 5.71. The fourth-order valence-electron chi connectivity index (χ4n) is 1.82. The zero-order valence-electron chi connectivity index (χ0n) is 13.6. The van der Waals surface area contributed by atoms with E-state index in [2.05, 4.69) is 4.74 Å². The first kappa shape index (κ1) is 26.2. The number of carboxylic acid groups (broad SMARTS) is 1. The molecule has 166 valence electrons. The molecule has 2 N–H and O–H groups in total. The molecule has 0 aromatic heterocycles. The third-order valence-corrected chi connectivity index (χ3v) is 3.53. The van der Waals surface area contributed by atoms with Gasteiger partial charge in [0.05, 0.1) is 18.9 Å². The van der Waals surface area contributed by atoms with Crippen LogP contribution in [0.4, 0.5) is 43.9 Å². The molecule has 0 radical (unpaired) electrons. The van der Waals surface area contributed by atoms with Crippen LogP contribution in [0.1, 0.15) is 19.3 Å². The summed E-state index contributed by atoms with van der Waals surface area (Å²) in [6, 6.07) is 0. The lowest BCUT2D eigenvalue weighted by atomic mass is 9.88. The van der Waals surface area contributed by atoms with Crippen molar-refractivity contribution >= 4 is 11.9 Å². The molecule has 0 aliphatic heterocycles. The lowest BCUT2D eigenvalue weighted by Crippen LogP contribution is -2.43. The average molecular weight is 440 g/mol. The lowest BCUT2D eigenvalue weighted by molar-refractivity contribution is -0.289. The highest BCUT2D eigenvalue weighted by atomic mass is 19.4. The van der Waals surface area contributed by atoms with Gasteiger partial charge in [-0.25, -0.2) is 0 Å². The Kier molecular flexibility index (Phi) is 8.55. The number of hydrogen-bond donors (Lipinski definition) is 2. The number of carboxylic acids is 1. The SMILES string of the molecule is O=C(CCC(F)(F)C(F)(F)F)OCC(CO)C(CC(F)(F)C(F)(F)F)C(=O)O. The number of carbonyl (C=O) groups excluding carboxylic acids is 1. The van der Waals surface area contributed by atoms with Gasteiger partial charge in [0.2, 0.25) is 0 Å². The molecule has 0 bridgehead atoms. The number of alkyl halides is 10. The molecule has 0 spiro atoms. The van der Waals surface area contributed by atoms with E-state index in [1.54, 1.807) is 0 Å². The first-order valence-electron chi connectivity index (χ1n) is 7.24. The summed E-state index contributed by atoms with van der Waals surface area (Å²) in [7, 11) is 0. The summed E-state index contributed by atoms with van der Waals surface area (Å²) in [6.07, 6.45) is -17.9. The van der Waals surface area contributed by atoms with Gasteiger partial charge in [-0.15, -0.1) is 0 Å². The number of carbonyl (C=O) groups is 2. The van der Waals surface area contributed by atoms with E-state index in [-0.39, 0.29) is 0 Å². The van der Waals surface area contributed by atoms with E-state index in [4.69, 9.17) is 10.2 Å². The van der Waals surface area contributed by atoms with Crippen LogP contribution in [0.15, 0.2) is 0 Å². The molecule has 0 saturated heterocycles. The van der Waals surface area contributed by atoms with Gasteiger partial charge in [-0.1, -0.05) is 0 Å². The Morgan fingerprint density at radius 2 is 1.32 bits per heavy atom. The maximum Gasteiger partial charge on any atom is 0.453 e. The topological polar surface area (TPSA) is 83.8 Å². The Morgan fingerprint density at radius 3 is 1.68 bits per heavy atom. The van der Waals surface area contributed by atoms with E-state index in [0.29, 0.717) is 0 Å². The maximum atomic E-state index is 13.0. The molecule has 2 atom stereocenters. The molecule has 0 fully saturated rings. The van der Waals surface area contributed by atoms with Gasteiger partial charge in [0.25, 0.3) is 0 Å². The lowest BCUT2D eigenvalue weighted by Gasteiger charge is -2.27. The number of hydrogen-bond acceptors (Lipinski definition) is 4. The molecule has 0 heterocycles. The molecule has 0 aromatic rings. The number of esters is 1. The fraction of sp³-hybridized carbons (Fsp3) is 0.846. The Morgan fingerprint density at radius 1 is 0.857 bits per heavy atom.